The topological polar surface area (TPSA) is 59.0 Å². The number of hydrazone groups is 1. The van der Waals surface area contributed by atoms with Crippen molar-refractivity contribution in [2.45, 2.75) is 38.6 Å². The van der Waals surface area contributed by atoms with Gasteiger partial charge in [-0.3, -0.25) is 9.80 Å². The predicted octanol–water partition coefficient (Wildman–Crippen LogP) is 3.11. The summed E-state index contributed by atoms with van der Waals surface area (Å²) in [5, 5.41) is 5.99. The first-order chi connectivity index (χ1) is 11.6. The molecule has 0 aromatic heterocycles. The third-order valence-corrected chi connectivity index (χ3v) is 4.46. The molecule has 0 N–H and O–H groups in total. The molecular weight excluding hydrogens is 304 g/mol. The van der Waals surface area contributed by atoms with Crippen LogP contribution in [0.5, 0.6) is 0 Å². The molecule has 1 aliphatic carbocycles. The van der Waals surface area contributed by atoms with Crippen LogP contribution in [0.15, 0.2) is 47.6 Å². The van der Waals surface area contributed by atoms with Crippen LogP contribution in [-0.4, -0.2) is 30.1 Å². The third-order valence-electron chi connectivity index (χ3n) is 4.46. The van der Waals surface area contributed by atoms with Crippen molar-refractivity contribution in [3.8, 4) is 0 Å². The summed E-state index contributed by atoms with van der Waals surface area (Å²) in [6.45, 7) is 1.94. The fourth-order valence-electron chi connectivity index (χ4n) is 3.05. The van der Waals surface area contributed by atoms with Crippen LogP contribution in [0, 0.1) is 5.92 Å². The van der Waals surface area contributed by atoms with Gasteiger partial charge >= 0.3 is 5.97 Å². The molecular formula is C19H22N2O3. The van der Waals surface area contributed by atoms with Crippen LogP contribution < -0.4 is 5.01 Å². The first-order valence-electron chi connectivity index (χ1n) is 8.39. The zero-order chi connectivity index (χ0) is 16.9. The van der Waals surface area contributed by atoms with Crippen molar-refractivity contribution in [3.63, 3.8) is 0 Å². The normalized spacial score (nSPS) is 23.0. The fraction of sp³-hybridized carbons (Fsp3) is 0.421. The summed E-state index contributed by atoms with van der Waals surface area (Å²) < 4.78 is 5.44. The van der Waals surface area contributed by atoms with Crippen molar-refractivity contribution in [2.24, 2.45) is 11.0 Å². The van der Waals surface area contributed by atoms with Crippen molar-refractivity contribution >= 4 is 23.2 Å². The molecule has 126 valence electrons. The van der Waals surface area contributed by atoms with E-state index in [0.717, 1.165) is 24.9 Å². The van der Waals surface area contributed by atoms with Crippen molar-refractivity contribution < 1.29 is 14.3 Å². The van der Waals surface area contributed by atoms with Crippen LogP contribution in [0.2, 0.25) is 0 Å². The van der Waals surface area contributed by atoms with Gasteiger partial charge in [0.2, 0.25) is 0 Å². The van der Waals surface area contributed by atoms with E-state index in [1.807, 2.05) is 30.3 Å². The monoisotopic (exact) mass is 326 g/mol. The molecule has 3 rings (SSSR count). The molecule has 2 atom stereocenters. The Balaban J connectivity index is 1.67. The van der Waals surface area contributed by atoms with Gasteiger partial charge in [-0.2, -0.15) is 5.10 Å². The SMILES string of the molecule is CC(=O)C1CC(C(=O)OCC2CC=CCC2)=NN1c1ccccc1. The Labute approximate surface area is 142 Å². The highest BCUT2D eigenvalue weighted by molar-refractivity contribution is 6.38. The Morgan fingerprint density at radius 3 is 2.71 bits per heavy atom. The lowest BCUT2D eigenvalue weighted by atomic mass is 9.95. The van der Waals surface area contributed by atoms with E-state index in [-0.39, 0.29) is 5.78 Å². The van der Waals surface area contributed by atoms with Gasteiger partial charge in [-0.15, -0.1) is 0 Å². The number of ether oxygens (including phenoxy) is 1. The van der Waals surface area contributed by atoms with E-state index < -0.39 is 12.0 Å². The molecule has 2 aliphatic rings. The molecule has 1 aromatic carbocycles. The fourth-order valence-corrected chi connectivity index (χ4v) is 3.05. The summed E-state index contributed by atoms with van der Waals surface area (Å²) in [6.07, 6.45) is 7.63. The highest BCUT2D eigenvalue weighted by Gasteiger charge is 2.35. The van der Waals surface area contributed by atoms with Crippen LogP contribution in [-0.2, 0) is 14.3 Å². The van der Waals surface area contributed by atoms with Crippen molar-refractivity contribution in [2.75, 3.05) is 11.6 Å². The van der Waals surface area contributed by atoms with Gasteiger partial charge in [0.1, 0.15) is 11.8 Å². The van der Waals surface area contributed by atoms with Crippen LogP contribution in [0.4, 0.5) is 5.69 Å². The largest absolute Gasteiger partial charge is 0.461 e. The number of Topliss-reactive ketones (excluding diaryl/α,β-unsaturated/α-hetero) is 1. The molecule has 2 unspecified atom stereocenters. The average Bonchev–Trinajstić information content (AvgIpc) is 3.07. The molecule has 5 nitrogen and oxygen atoms in total. The van der Waals surface area contributed by atoms with Crippen molar-refractivity contribution in [3.05, 3.63) is 42.5 Å². The highest BCUT2D eigenvalue weighted by Crippen LogP contribution is 2.25. The lowest BCUT2D eigenvalue weighted by Crippen LogP contribution is -2.33. The Hall–Kier alpha value is -2.43. The average molecular weight is 326 g/mol. The second-order valence-corrected chi connectivity index (χ2v) is 6.31. The molecule has 0 bridgehead atoms. The number of para-hydroxylation sites is 1. The lowest BCUT2D eigenvalue weighted by Gasteiger charge is -2.20. The Kier molecular flexibility index (Phi) is 5.08. The molecule has 24 heavy (non-hydrogen) atoms. The zero-order valence-corrected chi connectivity index (χ0v) is 13.9. The van der Waals surface area contributed by atoms with Crippen LogP contribution in [0.3, 0.4) is 0 Å². The molecule has 1 aliphatic heterocycles. The second-order valence-electron chi connectivity index (χ2n) is 6.31. The molecule has 0 saturated carbocycles. The smallest absolute Gasteiger partial charge is 0.354 e. The summed E-state index contributed by atoms with van der Waals surface area (Å²) in [5.41, 5.74) is 1.13. The number of rotatable bonds is 5. The van der Waals surface area contributed by atoms with Gasteiger partial charge in [-0.05, 0) is 44.2 Å². The number of nitrogens with zero attached hydrogens (tertiary/aromatic N) is 2. The number of carbonyl (C=O) groups excluding carboxylic acids is 2. The summed E-state index contributed by atoms with van der Waals surface area (Å²) in [7, 11) is 0. The maximum absolute atomic E-state index is 12.3. The zero-order valence-electron chi connectivity index (χ0n) is 13.9. The summed E-state index contributed by atoms with van der Waals surface area (Å²) in [5.74, 6) is -0.0353. The highest BCUT2D eigenvalue weighted by atomic mass is 16.5. The van der Waals surface area contributed by atoms with Gasteiger partial charge in [0.15, 0.2) is 5.78 Å². The van der Waals surface area contributed by atoms with Crippen LogP contribution in [0.25, 0.3) is 0 Å². The molecule has 0 saturated heterocycles. The second kappa shape index (κ2) is 7.43. The number of benzene rings is 1. The summed E-state index contributed by atoms with van der Waals surface area (Å²) >= 11 is 0. The maximum Gasteiger partial charge on any atom is 0.354 e. The first-order valence-corrected chi connectivity index (χ1v) is 8.39. The number of hydrogen-bond acceptors (Lipinski definition) is 5. The predicted molar refractivity (Wildman–Crippen MR) is 92.9 cm³/mol. The van der Waals surface area contributed by atoms with Crippen LogP contribution in [0.1, 0.15) is 32.6 Å². The molecule has 0 fully saturated rings. The number of ketones is 1. The summed E-state index contributed by atoms with van der Waals surface area (Å²) in [6, 6.07) is 8.99. The number of allylic oxidation sites excluding steroid dienone is 2. The van der Waals surface area contributed by atoms with Crippen LogP contribution >= 0.6 is 0 Å². The number of carbonyl (C=O) groups is 2. The lowest BCUT2D eigenvalue weighted by molar-refractivity contribution is -0.137. The van der Waals surface area contributed by atoms with Gasteiger partial charge < -0.3 is 4.74 Å². The van der Waals surface area contributed by atoms with Gasteiger partial charge in [-0.25, -0.2) is 4.79 Å². The Morgan fingerprint density at radius 1 is 1.25 bits per heavy atom. The van der Waals surface area contributed by atoms with E-state index >= 15 is 0 Å². The maximum atomic E-state index is 12.3. The third kappa shape index (κ3) is 3.72. The van der Waals surface area contributed by atoms with E-state index in [1.54, 1.807) is 5.01 Å². The molecule has 0 radical (unpaired) electrons. The molecule has 0 spiro atoms. The molecule has 0 amide bonds. The van der Waals surface area contributed by atoms with Crippen molar-refractivity contribution in [1.29, 1.82) is 0 Å². The van der Waals surface area contributed by atoms with E-state index in [1.165, 1.54) is 6.92 Å². The minimum atomic E-state index is -0.437. The van der Waals surface area contributed by atoms with Gasteiger partial charge in [0, 0.05) is 6.42 Å². The van der Waals surface area contributed by atoms with Gasteiger partial charge in [-0.1, -0.05) is 30.4 Å². The van der Waals surface area contributed by atoms with Crippen molar-refractivity contribution in [1.82, 2.24) is 0 Å². The quantitative estimate of drug-likeness (QED) is 0.616. The number of anilines is 1. The van der Waals surface area contributed by atoms with E-state index in [2.05, 4.69) is 17.3 Å². The molecule has 1 heterocycles. The van der Waals surface area contributed by atoms with E-state index in [4.69, 9.17) is 4.74 Å². The van der Waals surface area contributed by atoms with Gasteiger partial charge in [0.25, 0.3) is 0 Å². The number of esters is 1. The van der Waals surface area contributed by atoms with E-state index in [9.17, 15) is 9.59 Å². The molecule has 5 heteroatoms. The van der Waals surface area contributed by atoms with Gasteiger partial charge in [0.05, 0.1) is 12.3 Å². The minimum Gasteiger partial charge on any atom is -0.461 e. The number of hydrogen-bond donors (Lipinski definition) is 0. The summed E-state index contributed by atoms with van der Waals surface area (Å²) in [4.78, 5) is 24.3. The first kappa shape index (κ1) is 16.4. The van der Waals surface area contributed by atoms with E-state index in [0.29, 0.717) is 24.7 Å². The standard InChI is InChI=1S/C19H22N2O3/c1-14(22)18-12-17(20-21(18)16-10-6-3-7-11-16)19(23)24-13-15-8-4-2-5-9-15/h2-4,6-7,10-11,15,18H,5,8-9,12-13H2,1H3. The molecule has 1 aromatic rings. The Morgan fingerprint density at radius 2 is 2.04 bits per heavy atom. The Bertz CT molecular complexity index is 666. The minimum absolute atomic E-state index is 0.0113.